The van der Waals surface area contributed by atoms with Gasteiger partial charge >= 0.3 is 0 Å². The van der Waals surface area contributed by atoms with E-state index < -0.39 is 0 Å². The fourth-order valence-electron chi connectivity index (χ4n) is 4.15. The van der Waals surface area contributed by atoms with Crippen molar-refractivity contribution in [1.29, 1.82) is 0 Å². The standard InChI is InChI=1S/C32H25BrFN3O3/c1-2-39-30-17-22(16-27(33)31(30)40-20-21-12-14-24(34)15-13-21)19-35-37-32(38)26-18-29(23-8-4-3-5-9-23)36-28-11-7-6-10-25(26)28/h3-19H,2,20H2,1H3,(H,37,38)/b35-19+. The maximum Gasteiger partial charge on any atom is 0.272 e. The second-order valence-electron chi connectivity index (χ2n) is 8.82. The minimum atomic E-state index is -0.352. The van der Waals surface area contributed by atoms with Crippen molar-refractivity contribution in [1.82, 2.24) is 10.4 Å². The van der Waals surface area contributed by atoms with Crippen LogP contribution in [0.3, 0.4) is 0 Å². The van der Waals surface area contributed by atoms with Crippen molar-refractivity contribution in [2.75, 3.05) is 6.61 Å². The summed E-state index contributed by atoms with van der Waals surface area (Å²) >= 11 is 3.55. The van der Waals surface area contributed by atoms with Crippen molar-refractivity contribution in [3.05, 3.63) is 124 Å². The van der Waals surface area contributed by atoms with Gasteiger partial charge in [-0.2, -0.15) is 5.10 Å². The molecule has 0 aliphatic heterocycles. The van der Waals surface area contributed by atoms with E-state index in [-0.39, 0.29) is 18.3 Å². The third-order valence-corrected chi connectivity index (χ3v) is 6.63. The number of benzene rings is 4. The van der Waals surface area contributed by atoms with E-state index in [2.05, 4.69) is 26.5 Å². The van der Waals surface area contributed by atoms with Crippen LogP contribution in [0.2, 0.25) is 0 Å². The molecule has 0 atom stereocenters. The van der Waals surface area contributed by atoms with Gasteiger partial charge in [-0.1, -0.05) is 60.7 Å². The van der Waals surface area contributed by atoms with Gasteiger partial charge in [0, 0.05) is 10.9 Å². The summed E-state index contributed by atoms with van der Waals surface area (Å²) in [5.74, 6) is 0.378. The predicted octanol–water partition coefficient (Wildman–Crippen LogP) is 7.55. The van der Waals surface area contributed by atoms with Crippen LogP contribution >= 0.6 is 15.9 Å². The lowest BCUT2D eigenvalue weighted by Crippen LogP contribution is -2.18. The molecule has 0 fully saturated rings. The monoisotopic (exact) mass is 597 g/mol. The number of aromatic nitrogens is 1. The minimum absolute atomic E-state index is 0.243. The number of ether oxygens (including phenoxy) is 2. The highest BCUT2D eigenvalue weighted by molar-refractivity contribution is 9.10. The number of carbonyl (C=O) groups excluding carboxylic acids is 1. The molecule has 0 saturated heterocycles. The Morgan fingerprint density at radius 1 is 0.975 bits per heavy atom. The van der Waals surface area contributed by atoms with Crippen LogP contribution < -0.4 is 14.9 Å². The highest BCUT2D eigenvalue weighted by Gasteiger charge is 2.15. The van der Waals surface area contributed by atoms with Gasteiger partial charge in [0.25, 0.3) is 5.91 Å². The van der Waals surface area contributed by atoms with Crippen LogP contribution in [0.1, 0.15) is 28.4 Å². The number of para-hydroxylation sites is 1. The van der Waals surface area contributed by atoms with Crippen molar-refractivity contribution in [3.63, 3.8) is 0 Å². The zero-order valence-electron chi connectivity index (χ0n) is 21.6. The molecule has 40 heavy (non-hydrogen) atoms. The lowest BCUT2D eigenvalue weighted by molar-refractivity contribution is 0.0956. The Morgan fingerprint density at radius 2 is 1.73 bits per heavy atom. The molecule has 0 unspecified atom stereocenters. The summed E-state index contributed by atoms with van der Waals surface area (Å²) in [6.45, 7) is 2.55. The minimum Gasteiger partial charge on any atom is -0.490 e. The SMILES string of the molecule is CCOc1cc(/C=N/NC(=O)c2cc(-c3ccccc3)nc3ccccc23)cc(Br)c1OCc1ccc(F)cc1. The molecule has 0 saturated carbocycles. The van der Waals surface area contributed by atoms with Gasteiger partial charge in [-0.15, -0.1) is 0 Å². The zero-order valence-corrected chi connectivity index (χ0v) is 23.2. The van der Waals surface area contributed by atoms with Gasteiger partial charge in [0.1, 0.15) is 12.4 Å². The fourth-order valence-corrected chi connectivity index (χ4v) is 4.72. The number of amides is 1. The van der Waals surface area contributed by atoms with Crippen molar-refractivity contribution >= 4 is 39.0 Å². The van der Waals surface area contributed by atoms with Crippen LogP contribution in [0, 0.1) is 5.82 Å². The predicted molar refractivity (Wildman–Crippen MR) is 158 cm³/mol. The van der Waals surface area contributed by atoms with E-state index in [9.17, 15) is 9.18 Å². The molecule has 0 bridgehead atoms. The summed E-state index contributed by atoms with van der Waals surface area (Å²) in [5, 5.41) is 4.94. The summed E-state index contributed by atoms with van der Waals surface area (Å²) in [6, 6.07) is 28.7. The molecule has 1 N–H and O–H groups in total. The van der Waals surface area contributed by atoms with Gasteiger partial charge in [-0.05, 0) is 70.4 Å². The molecule has 5 rings (SSSR count). The first-order valence-electron chi connectivity index (χ1n) is 12.6. The molecule has 0 aliphatic rings. The Morgan fingerprint density at radius 3 is 2.50 bits per heavy atom. The molecular weight excluding hydrogens is 573 g/mol. The number of pyridine rings is 1. The Hall–Kier alpha value is -4.56. The third-order valence-electron chi connectivity index (χ3n) is 6.04. The normalized spacial score (nSPS) is 11.1. The quantitative estimate of drug-likeness (QED) is 0.141. The first-order chi connectivity index (χ1) is 19.5. The second-order valence-corrected chi connectivity index (χ2v) is 9.67. The third kappa shape index (κ3) is 6.35. The van der Waals surface area contributed by atoms with E-state index in [0.29, 0.717) is 39.4 Å². The average molecular weight is 598 g/mol. The van der Waals surface area contributed by atoms with Gasteiger partial charge in [-0.25, -0.2) is 14.8 Å². The van der Waals surface area contributed by atoms with E-state index in [1.807, 2.05) is 67.6 Å². The molecule has 200 valence electrons. The highest BCUT2D eigenvalue weighted by Crippen LogP contribution is 2.37. The lowest BCUT2D eigenvalue weighted by Gasteiger charge is -2.14. The lowest BCUT2D eigenvalue weighted by atomic mass is 10.0. The maximum absolute atomic E-state index is 13.2. The van der Waals surface area contributed by atoms with Crippen LogP contribution in [0.5, 0.6) is 11.5 Å². The van der Waals surface area contributed by atoms with Crippen LogP contribution in [-0.2, 0) is 6.61 Å². The smallest absolute Gasteiger partial charge is 0.272 e. The van der Waals surface area contributed by atoms with Gasteiger partial charge in [-0.3, -0.25) is 4.79 Å². The molecule has 0 spiro atoms. The summed E-state index contributed by atoms with van der Waals surface area (Å²) < 4.78 is 25.6. The molecule has 6 nitrogen and oxygen atoms in total. The molecule has 5 aromatic rings. The topological polar surface area (TPSA) is 72.8 Å². The molecule has 0 aliphatic carbocycles. The first-order valence-corrected chi connectivity index (χ1v) is 13.4. The number of nitrogens with one attached hydrogen (secondary N) is 1. The van der Waals surface area contributed by atoms with Gasteiger partial charge in [0.05, 0.1) is 34.1 Å². The van der Waals surface area contributed by atoms with Crippen LogP contribution in [0.15, 0.2) is 107 Å². The number of nitrogens with zero attached hydrogens (tertiary/aromatic N) is 2. The van der Waals surface area contributed by atoms with Crippen LogP contribution in [0.4, 0.5) is 4.39 Å². The van der Waals surface area contributed by atoms with Crippen LogP contribution in [-0.4, -0.2) is 23.7 Å². The van der Waals surface area contributed by atoms with E-state index in [1.165, 1.54) is 18.3 Å². The first kappa shape index (κ1) is 27.0. The maximum atomic E-state index is 13.2. The second kappa shape index (κ2) is 12.5. The van der Waals surface area contributed by atoms with Gasteiger partial charge < -0.3 is 9.47 Å². The van der Waals surface area contributed by atoms with Crippen LogP contribution in [0.25, 0.3) is 22.2 Å². The number of fused-ring (bicyclic) bond motifs is 1. The average Bonchev–Trinajstić information content (AvgIpc) is 2.97. The summed E-state index contributed by atoms with van der Waals surface area (Å²) in [5.41, 5.74) is 6.97. The number of hydrogen-bond acceptors (Lipinski definition) is 5. The van der Waals surface area contributed by atoms with E-state index in [4.69, 9.17) is 14.5 Å². The summed E-state index contributed by atoms with van der Waals surface area (Å²) in [7, 11) is 0. The molecule has 4 aromatic carbocycles. The molecule has 1 heterocycles. The fraction of sp³-hybridized carbons (Fsp3) is 0.0938. The van der Waals surface area contributed by atoms with Gasteiger partial charge in [0.15, 0.2) is 11.5 Å². The van der Waals surface area contributed by atoms with E-state index in [0.717, 1.165) is 22.0 Å². The number of hydrogen-bond donors (Lipinski definition) is 1. The van der Waals surface area contributed by atoms with Gasteiger partial charge in [0.2, 0.25) is 0 Å². The highest BCUT2D eigenvalue weighted by atomic mass is 79.9. The zero-order chi connectivity index (χ0) is 27.9. The Labute approximate surface area is 239 Å². The molecule has 1 aromatic heterocycles. The number of hydrazone groups is 1. The molecule has 1 amide bonds. The van der Waals surface area contributed by atoms with Crippen molar-refractivity contribution in [3.8, 4) is 22.8 Å². The molecular formula is C32H25BrFN3O3. The van der Waals surface area contributed by atoms with E-state index >= 15 is 0 Å². The Balaban J connectivity index is 1.36. The number of rotatable bonds is 9. The summed E-state index contributed by atoms with van der Waals surface area (Å²) in [6.07, 6.45) is 1.54. The van der Waals surface area contributed by atoms with Crippen molar-refractivity contribution in [2.24, 2.45) is 5.10 Å². The number of carbonyl (C=O) groups is 1. The van der Waals surface area contributed by atoms with Crippen molar-refractivity contribution in [2.45, 2.75) is 13.5 Å². The summed E-state index contributed by atoms with van der Waals surface area (Å²) in [4.78, 5) is 18.0. The molecule has 8 heteroatoms. The molecule has 0 radical (unpaired) electrons. The largest absolute Gasteiger partial charge is 0.490 e. The van der Waals surface area contributed by atoms with E-state index in [1.54, 1.807) is 24.3 Å². The number of halogens is 2. The van der Waals surface area contributed by atoms with Crippen molar-refractivity contribution < 1.29 is 18.7 Å². The Bertz CT molecular complexity index is 1680. The Kier molecular flexibility index (Phi) is 8.47.